The molecule has 0 bridgehead atoms. The van der Waals surface area contributed by atoms with E-state index < -0.39 is 0 Å². The van der Waals surface area contributed by atoms with Crippen LogP contribution in [-0.4, -0.2) is 23.9 Å². The van der Waals surface area contributed by atoms with E-state index in [0.29, 0.717) is 12.3 Å². The van der Waals surface area contributed by atoms with Crippen molar-refractivity contribution in [1.29, 1.82) is 5.26 Å². The van der Waals surface area contributed by atoms with Crippen LogP contribution in [0.2, 0.25) is 0 Å². The summed E-state index contributed by atoms with van der Waals surface area (Å²) >= 11 is 0. The highest BCUT2D eigenvalue weighted by Crippen LogP contribution is 2.17. The van der Waals surface area contributed by atoms with Gasteiger partial charge >= 0.3 is 0 Å². The lowest BCUT2D eigenvalue weighted by atomic mass is 9.93. The number of nitrogens with zero attached hydrogens (tertiary/aromatic N) is 1. The number of hydrogen-bond donors (Lipinski definition) is 2. The van der Waals surface area contributed by atoms with Crippen molar-refractivity contribution in [3.8, 4) is 11.8 Å². The molecule has 19 heavy (non-hydrogen) atoms. The summed E-state index contributed by atoms with van der Waals surface area (Å²) in [7, 11) is 0. The molecule has 0 fully saturated rings. The van der Waals surface area contributed by atoms with Gasteiger partial charge in [0, 0.05) is 12.1 Å². The average Bonchev–Trinajstić information content (AvgIpc) is 2.47. The van der Waals surface area contributed by atoms with Crippen LogP contribution in [0.3, 0.4) is 0 Å². The average molecular weight is 262 g/mol. The second-order valence-electron chi connectivity index (χ2n) is 4.59. The Morgan fingerprint density at radius 1 is 1.37 bits per heavy atom. The third-order valence-corrected chi connectivity index (χ3v) is 3.53. The van der Waals surface area contributed by atoms with E-state index in [2.05, 4.69) is 19.2 Å². The Morgan fingerprint density at radius 3 is 2.68 bits per heavy atom. The van der Waals surface area contributed by atoms with Crippen molar-refractivity contribution >= 4 is 0 Å². The topological polar surface area (TPSA) is 65.3 Å². The van der Waals surface area contributed by atoms with Gasteiger partial charge in [-0.05, 0) is 30.5 Å². The standard InChI is InChI=1S/C15H22N2O2/c1-3-15(4-2,12-18)17-11-13-6-5-7-14(10-13)19-9-8-16/h5-7,10,17-18H,3-4,9,11-12H2,1-2H3. The molecule has 0 amide bonds. The van der Waals surface area contributed by atoms with Gasteiger partial charge in [-0.1, -0.05) is 26.0 Å². The molecule has 0 aliphatic heterocycles. The molecular weight excluding hydrogens is 240 g/mol. The lowest BCUT2D eigenvalue weighted by molar-refractivity contribution is 0.149. The number of aliphatic hydroxyl groups is 1. The fourth-order valence-corrected chi connectivity index (χ4v) is 1.93. The summed E-state index contributed by atoms with van der Waals surface area (Å²) in [6, 6.07) is 9.60. The first-order valence-corrected chi connectivity index (χ1v) is 6.64. The molecule has 4 heteroatoms. The zero-order chi connectivity index (χ0) is 14.1. The number of rotatable bonds is 8. The van der Waals surface area contributed by atoms with Gasteiger partial charge in [-0.3, -0.25) is 0 Å². The number of nitriles is 1. The van der Waals surface area contributed by atoms with Crippen molar-refractivity contribution in [3.05, 3.63) is 29.8 Å². The van der Waals surface area contributed by atoms with Gasteiger partial charge in [0.1, 0.15) is 11.8 Å². The van der Waals surface area contributed by atoms with Gasteiger partial charge in [0.25, 0.3) is 0 Å². The van der Waals surface area contributed by atoms with Crippen LogP contribution in [0.1, 0.15) is 32.3 Å². The Labute approximate surface area is 115 Å². The molecule has 0 atom stereocenters. The van der Waals surface area contributed by atoms with Crippen molar-refractivity contribution in [1.82, 2.24) is 5.32 Å². The normalized spacial score (nSPS) is 11.1. The fourth-order valence-electron chi connectivity index (χ4n) is 1.93. The first-order chi connectivity index (χ1) is 9.19. The van der Waals surface area contributed by atoms with Crippen LogP contribution in [-0.2, 0) is 6.54 Å². The molecule has 1 aromatic rings. The highest BCUT2D eigenvalue weighted by Gasteiger charge is 2.23. The van der Waals surface area contributed by atoms with Crippen LogP contribution in [0.15, 0.2) is 24.3 Å². The van der Waals surface area contributed by atoms with Crippen molar-refractivity contribution in [2.75, 3.05) is 13.2 Å². The molecule has 1 aromatic carbocycles. The number of ether oxygens (including phenoxy) is 1. The number of nitrogens with one attached hydrogen (secondary N) is 1. The van der Waals surface area contributed by atoms with Gasteiger partial charge < -0.3 is 15.2 Å². The Morgan fingerprint density at radius 2 is 2.11 bits per heavy atom. The van der Waals surface area contributed by atoms with Crippen LogP contribution >= 0.6 is 0 Å². The maximum absolute atomic E-state index is 9.50. The first-order valence-electron chi connectivity index (χ1n) is 6.64. The maximum Gasteiger partial charge on any atom is 0.174 e. The Hall–Kier alpha value is -1.57. The predicted octanol–water partition coefficient (Wildman–Crippen LogP) is 2.23. The molecule has 0 heterocycles. The SMILES string of the molecule is CCC(CC)(CO)NCc1cccc(OCC#N)c1. The largest absolute Gasteiger partial charge is 0.479 e. The molecule has 1 rings (SSSR count). The van der Waals surface area contributed by atoms with Crippen molar-refractivity contribution in [2.24, 2.45) is 0 Å². The molecule has 0 saturated carbocycles. The molecule has 2 N–H and O–H groups in total. The van der Waals surface area contributed by atoms with Gasteiger partial charge in [-0.25, -0.2) is 0 Å². The summed E-state index contributed by atoms with van der Waals surface area (Å²) in [6.07, 6.45) is 1.76. The number of aliphatic hydroxyl groups excluding tert-OH is 1. The van der Waals surface area contributed by atoms with Crippen molar-refractivity contribution < 1.29 is 9.84 Å². The summed E-state index contributed by atoms with van der Waals surface area (Å²) in [5, 5.41) is 21.4. The summed E-state index contributed by atoms with van der Waals surface area (Å²) in [5.41, 5.74) is 0.860. The van der Waals surface area contributed by atoms with Crippen molar-refractivity contribution in [3.63, 3.8) is 0 Å². The molecule has 0 unspecified atom stereocenters. The summed E-state index contributed by atoms with van der Waals surface area (Å²) in [4.78, 5) is 0. The van der Waals surface area contributed by atoms with Gasteiger partial charge in [-0.2, -0.15) is 5.26 Å². The molecule has 0 aliphatic rings. The fraction of sp³-hybridized carbons (Fsp3) is 0.533. The van der Waals surface area contributed by atoms with E-state index in [4.69, 9.17) is 10.00 Å². The zero-order valence-corrected chi connectivity index (χ0v) is 11.6. The molecule has 0 aliphatic carbocycles. The summed E-state index contributed by atoms with van der Waals surface area (Å²) in [6.45, 7) is 5.00. The Balaban J connectivity index is 2.64. The molecule has 4 nitrogen and oxygen atoms in total. The number of hydrogen-bond acceptors (Lipinski definition) is 4. The first kappa shape index (κ1) is 15.5. The predicted molar refractivity (Wildman–Crippen MR) is 74.8 cm³/mol. The lowest BCUT2D eigenvalue weighted by Gasteiger charge is -2.31. The highest BCUT2D eigenvalue weighted by atomic mass is 16.5. The van der Waals surface area contributed by atoms with E-state index in [9.17, 15) is 5.11 Å². The van der Waals surface area contributed by atoms with E-state index >= 15 is 0 Å². The quantitative estimate of drug-likeness (QED) is 0.754. The van der Waals surface area contributed by atoms with Gasteiger partial charge in [0.05, 0.1) is 6.61 Å². The van der Waals surface area contributed by atoms with Gasteiger partial charge in [0.2, 0.25) is 0 Å². The zero-order valence-electron chi connectivity index (χ0n) is 11.6. The van der Waals surface area contributed by atoms with Crippen LogP contribution in [0.4, 0.5) is 0 Å². The van der Waals surface area contributed by atoms with Gasteiger partial charge in [-0.15, -0.1) is 0 Å². The minimum atomic E-state index is -0.219. The van der Waals surface area contributed by atoms with E-state index in [1.807, 2.05) is 30.3 Å². The minimum absolute atomic E-state index is 0.0569. The maximum atomic E-state index is 9.50. The third-order valence-electron chi connectivity index (χ3n) is 3.53. The van der Waals surface area contributed by atoms with Gasteiger partial charge in [0.15, 0.2) is 6.61 Å². The lowest BCUT2D eigenvalue weighted by Crippen LogP contribution is -2.47. The Bertz CT molecular complexity index is 414. The van der Waals surface area contributed by atoms with E-state index in [1.54, 1.807) is 0 Å². The minimum Gasteiger partial charge on any atom is -0.479 e. The molecule has 104 valence electrons. The molecular formula is C15H22N2O2. The van der Waals surface area contributed by atoms with E-state index in [-0.39, 0.29) is 18.8 Å². The second-order valence-corrected chi connectivity index (χ2v) is 4.59. The molecule has 0 radical (unpaired) electrons. The summed E-state index contributed by atoms with van der Waals surface area (Å²) in [5.74, 6) is 0.698. The number of benzene rings is 1. The smallest absolute Gasteiger partial charge is 0.174 e. The van der Waals surface area contributed by atoms with E-state index in [0.717, 1.165) is 18.4 Å². The molecule has 0 spiro atoms. The van der Waals surface area contributed by atoms with Crippen LogP contribution in [0.25, 0.3) is 0 Å². The molecule has 0 aromatic heterocycles. The van der Waals surface area contributed by atoms with Crippen LogP contribution in [0, 0.1) is 11.3 Å². The van der Waals surface area contributed by atoms with Crippen molar-refractivity contribution in [2.45, 2.75) is 38.8 Å². The summed E-state index contributed by atoms with van der Waals surface area (Å²) < 4.78 is 5.27. The highest BCUT2D eigenvalue weighted by molar-refractivity contribution is 5.28. The van der Waals surface area contributed by atoms with Crippen LogP contribution < -0.4 is 10.1 Å². The third kappa shape index (κ3) is 4.55. The molecule has 0 saturated heterocycles. The van der Waals surface area contributed by atoms with E-state index in [1.165, 1.54) is 0 Å². The second kappa shape index (κ2) is 7.78. The Kier molecular flexibility index (Phi) is 6.34. The van der Waals surface area contributed by atoms with Crippen LogP contribution in [0.5, 0.6) is 5.75 Å². The monoisotopic (exact) mass is 262 g/mol.